The number of hydrogen-bond donors (Lipinski definition) is 1. The second-order valence-corrected chi connectivity index (χ2v) is 5.75. The first-order valence-electron chi connectivity index (χ1n) is 6.86. The Labute approximate surface area is 142 Å². The Balaban J connectivity index is 1.60. The van der Waals surface area contributed by atoms with Crippen LogP contribution in [-0.4, -0.2) is 19.2 Å². The summed E-state index contributed by atoms with van der Waals surface area (Å²) in [5, 5.41) is 2.69. The van der Waals surface area contributed by atoms with Crippen molar-refractivity contribution >= 4 is 29.1 Å². The fraction of sp³-hybridized carbons (Fsp3) is 0.188. The lowest BCUT2D eigenvalue weighted by atomic mass is 10.1. The zero-order chi connectivity index (χ0) is 16.4. The van der Waals surface area contributed by atoms with Gasteiger partial charge in [0.2, 0.25) is 6.79 Å². The van der Waals surface area contributed by atoms with Gasteiger partial charge in [-0.1, -0.05) is 29.3 Å². The third-order valence-electron chi connectivity index (χ3n) is 3.39. The molecule has 0 saturated carbocycles. The van der Waals surface area contributed by atoms with E-state index in [9.17, 15) is 9.18 Å². The van der Waals surface area contributed by atoms with E-state index in [1.807, 2.05) is 18.2 Å². The van der Waals surface area contributed by atoms with Gasteiger partial charge in [-0.05, 0) is 36.2 Å². The molecule has 1 N–H and O–H groups in total. The van der Waals surface area contributed by atoms with Crippen LogP contribution in [0.25, 0.3) is 0 Å². The molecule has 0 atom stereocenters. The fourth-order valence-corrected chi connectivity index (χ4v) is 2.68. The number of hydrogen-bond acceptors (Lipinski definition) is 3. The molecule has 1 aliphatic heterocycles. The van der Waals surface area contributed by atoms with Crippen LogP contribution in [0.4, 0.5) is 4.39 Å². The van der Waals surface area contributed by atoms with Gasteiger partial charge in [0.05, 0.1) is 15.6 Å². The Morgan fingerprint density at radius 2 is 1.91 bits per heavy atom. The van der Waals surface area contributed by atoms with Gasteiger partial charge >= 0.3 is 0 Å². The Bertz CT molecular complexity index is 767. The first kappa shape index (κ1) is 15.9. The van der Waals surface area contributed by atoms with Gasteiger partial charge in [0.1, 0.15) is 5.82 Å². The Kier molecular flexibility index (Phi) is 4.59. The van der Waals surface area contributed by atoms with Crippen LogP contribution in [0.5, 0.6) is 11.5 Å². The van der Waals surface area contributed by atoms with Gasteiger partial charge in [-0.2, -0.15) is 0 Å². The van der Waals surface area contributed by atoms with Crippen LogP contribution in [0.2, 0.25) is 10.0 Å². The SMILES string of the molecule is O=C(NCCc1ccc2c(c1)OCO2)c1cc(F)c(Cl)cc1Cl. The highest BCUT2D eigenvalue weighted by Crippen LogP contribution is 2.32. The molecule has 23 heavy (non-hydrogen) atoms. The first-order chi connectivity index (χ1) is 11.0. The fourth-order valence-electron chi connectivity index (χ4n) is 2.21. The van der Waals surface area contributed by atoms with Crippen LogP contribution in [0.3, 0.4) is 0 Å². The summed E-state index contributed by atoms with van der Waals surface area (Å²) in [6, 6.07) is 7.83. The monoisotopic (exact) mass is 355 g/mol. The van der Waals surface area contributed by atoms with Crippen molar-refractivity contribution in [3.63, 3.8) is 0 Å². The van der Waals surface area contributed by atoms with Crippen LogP contribution in [0.1, 0.15) is 15.9 Å². The molecule has 0 bridgehead atoms. The molecular weight excluding hydrogens is 344 g/mol. The Morgan fingerprint density at radius 1 is 1.13 bits per heavy atom. The van der Waals surface area contributed by atoms with Crippen LogP contribution < -0.4 is 14.8 Å². The number of halogens is 3. The van der Waals surface area contributed by atoms with Crippen LogP contribution in [0.15, 0.2) is 30.3 Å². The number of nitrogens with one attached hydrogen (secondary N) is 1. The van der Waals surface area contributed by atoms with Gasteiger partial charge in [0.25, 0.3) is 5.91 Å². The van der Waals surface area contributed by atoms with Crippen LogP contribution in [-0.2, 0) is 6.42 Å². The molecule has 0 unspecified atom stereocenters. The smallest absolute Gasteiger partial charge is 0.252 e. The molecular formula is C16H12Cl2FNO3. The summed E-state index contributed by atoms with van der Waals surface area (Å²) in [4.78, 5) is 12.1. The lowest BCUT2D eigenvalue weighted by Gasteiger charge is -2.08. The molecule has 0 saturated heterocycles. The summed E-state index contributed by atoms with van der Waals surface area (Å²) in [6.07, 6.45) is 0.593. The number of carbonyl (C=O) groups is 1. The average molecular weight is 356 g/mol. The third-order valence-corrected chi connectivity index (χ3v) is 3.99. The molecule has 120 valence electrons. The van der Waals surface area contributed by atoms with Gasteiger partial charge in [0, 0.05) is 6.54 Å². The highest BCUT2D eigenvalue weighted by molar-refractivity contribution is 6.36. The number of ether oxygens (including phenoxy) is 2. The van der Waals surface area contributed by atoms with Crippen molar-refractivity contribution in [2.75, 3.05) is 13.3 Å². The van der Waals surface area contributed by atoms with Crippen molar-refractivity contribution in [1.82, 2.24) is 5.32 Å². The van der Waals surface area contributed by atoms with E-state index >= 15 is 0 Å². The maximum Gasteiger partial charge on any atom is 0.252 e. The van der Waals surface area contributed by atoms with E-state index in [1.165, 1.54) is 6.07 Å². The van der Waals surface area contributed by atoms with Crippen molar-refractivity contribution < 1.29 is 18.7 Å². The van der Waals surface area contributed by atoms with Crippen molar-refractivity contribution in [2.45, 2.75) is 6.42 Å². The second kappa shape index (κ2) is 6.64. The molecule has 0 spiro atoms. The van der Waals surface area contributed by atoms with E-state index < -0.39 is 11.7 Å². The normalized spacial score (nSPS) is 12.3. The first-order valence-corrected chi connectivity index (χ1v) is 7.61. The molecule has 1 aliphatic rings. The Hall–Kier alpha value is -1.98. The topological polar surface area (TPSA) is 47.6 Å². The van der Waals surface area contributed by atoms with Gasteiger partial charge in [-0.25, -0.2) is 4.39 Å². The van der Waals surface area contributed by atoms with Crippen molar-refractivity contribution in [3.05, 3.63) is 57.3 Å². The van der Waals surface area contributed by atoms with E-state index in [1.54, 1.807) is 0 Å². The van der Waals surface area contributed by atoms with Crippen LogP contribution in [0, 0.1) is 5.82 Å². The lowest BCUT2D eigenvalue weighted by Crippen LogP contribution is -2.26. The molecule has 3 rings (SSSR count). The minimum absolute atomic E-state index is 0.0549. The molecule has 0 aromatic heterocycles. The minimum atomic E-state index is -0.683. The van der Waals surface area contributed by atoms with Crippen molar-refractivity contribution in [1.29, 1.82) is 0 Å². The molecule has 0 radical (unpaired) electrons. The van der Waals surface area contributed by atoms with E-state index in [4.69, 9.17) is 32.7 Å². The van der Waals surface area contributed by atoms with Crippen LogP contribution >= 0.6 is 23.2 Å². The second-order valence-electron chi connectivity index (χ2n) is 4.94. The number of fused-ring (bicyclic) bond motifs is 1. The zero-order valence-electron chi connectivity index (χ0n) is 11.9. The number of carbonyl (C=O) groups excluding carboxylic acids is 1. The molecule has 2 aromatic rings. The van der Waals surface area contributed by atoms with E-state index in [2.05, 4.69) is 5.32 Å². The maximum atomic E-state index is 13.4. The van der Waals surface area contributed by atoms with Crippen molar-refractivity contribution in [3.8, 4) is 11.5 Å². The molecule has 1 amide bonds. The number of benzene rings is 2. The lowest BCUT2D eigenvalue weighted by molar-refractivity contribution is 0.0954. The summed E-state index contributed by atoms with van der Waals surface area (Å²) < 4.78 is 24.0. The van der Waals surface area contributed by atoms with Gasteiger partial charge < -0.3 is 14.8 Å². The summed E-state index contributed by atoms with van der Waals surface area (Å²) in [6.45, 7) is 0.592. The molecule has 1 heterocycles. The predicted octanol–water partition coefficient (Wildman–Crippen LogP) is 3.83. The molecule has 4 nitrogen and oxygen atoms in total. The Morgan fingerprint density at radius 3 is 2.74 bits per heavy atom. The summed E-state index contributed by atoms with van der Waals surface area (Å²) in [5.74, 6) is 0.265. The summed E-state index contributed by atoms with van der Waals surface area (Å²) in [5.41, 5.74) is 1.04. The number of amides is 1. The highest BCUT2D eigenvalue weighted by Gasteiger charge is 2.15. The minimum Gasteiger partial charge on any atom is -0.454 e. The maximum absolute atomic E-state index is 13.4. The van der Waals surface area contributed by atoms with Crippen molar-refractivity contribution in [2.24, 2.45) is 0 Å². The predicted molar refractivity (Wildman–Crippen MR) is 85.0 cm³/mol. The molecule has 7 heteroatoms. The summed E-state index contributed by atoms with van der Waals surface area (Å²) in [7, 11) is 0. The van der Waals surface area contributed by atoms with Gasteiger partial charge in [-0.15, -0.1) is 0 Å². The standard InChI is InChI=1S/C16H12Cl2FNO3/c17-11-7-12(18)13(19)6-10(11)16(21)20-4-3-9-1-2-14-15(5-9)23-8-22-14/h1-2,5-7H,3-4,8H2,(H,20,21). The largest absolute Gasteiger partial charge is 0.454 e. The van der Waals surface area contributed by atoms with E-state index in [0.29, 0.717) is 24.5 Å². The summed E-state index contributed by atoms with van der Waals surface area (Å²) >= 11 is 11.5. The molecule has 0 fully saturated rings. The number of rotatable bonds is 4. The highest BCUT2D eigenvalue weighted by atomic mass is 35.5. The van der Waals surface area contributed by atoms with Gasteiger partial charge in [0.15, 0.2) is 11.5 Å². The van der Waals surface area contributed by atoms with E-state index in [0.717, 1.165) is 11.6 Å². The third kappa shape index (κ3) is 3.51. The molecule has 2 aromatic carbocycles. The average Bonchev–Trinajstić information content (AvgIpc) is 2.98. The zero-order valence-corrected chi connectivity index (χ0v) is 13.4. The van der Waals surface area contributed by atoms with Gasteiger partial charge in [-0.3, -0.25) is 4.79 Å². The quantitative estimate of drug-likeness (QED) is 0.847. The van der Waals surface area contributed by atoms with E-state index in [-0.39, 0.29) is 22.4 Å². The molecule has 0 aliphatic carbocycles.